The normalized spacial score (nSPS) is 12.1. The van der Waals surface area contributed by atoms with E-state index in [9.17, 15) is 0 Å². The van der Waals surface area contributed by atoms with Gasteiger partial charge in [-0.25, -0.2) is 15.0 Å². The highest BCUT2D eigenvalue weighted by Gasteiger charge is 2.23. The zero-order chi connectivity index (χ0) is 33.5. The molecule has 0 bridgehead atoms. The molecule has 238 valence electrons. The SMILES string of the molecule is c1ccc(-c2nc(-c3ccccc3)nc(-c3ccc4c(c3)sc3ccc(-c5ccc6c(c5)c5cccc7c5n6-c5ccccc5O7)cc34)n2)cc1. The van der Waals surface area contributed by atoms with Crippen molar-refractivity contribution in [1.29, 1.82) is 0 Å². The lowest BCUT2D eigenvalue weighted by molar-refractivity contribution is 0.476. The van der Waals surface area contributed by atoms with Crippen molar-refractivity contribution >= 4 is 53.3 Å². The van der Waals surface area contributed by atoms with Crippen molar-refractivity contribution in [3.63, 3.8) is 0 Å². The van der Waals surface area contributed by atoms with Crippen molar-refractivity contribution in [2.24, 2.45) is 0 Å². The molecular weight excluding hydrogens is 645 g/mol. The van der Waals surface area contributed by atoms with Crippen LogP contribution in [0, 0.1) is 0 Å². The fraction of sp³-hybridized carbons (Fsp3) is 0. The lowest BCUT2D eigenvalue weighted by atomic mass is 10.0. The quantitative estimate of drug-likeness (QED) is 0.187. The van der Waals surface area contributed by atoms with Crippen molar-refractivity contribution < 1.29 is 4.74 Å². The zero-order valence-electron chi connectivity index (χ0n) is 27.1. The molecule has 10 aromatic rings. The summed E-state index contributed by atoms with van der Waals surface area (Å²) >= 11 is 1.80. The highest BCUT2D eigenvalue weighted by Crippen LogP contribution is 2.46. The first-order valence-corrected chi connectivity index (χ1v) is 17.8. The number of nitrogens with zero attached hydrogens (tertiary/aromatic N) is 4. The van der Waals surface area contributed by atoms with Gasteiger partial charge >= 0.3 is 0 Å². The minimum Gasteiger partial charge on any atom is -0.453 e. The van der Waals surface area contributed by atoms with Gasteiger partial charge in [0.2, 0.25) is 0 Å². The summed E-state index contributed by atoms with van der Waals surface area (Å²) in [6, 6.07) is 55.0. The van der Waals surface area contributed by atoms with E-state index in [0.717, 1.165) is 39.4 Å². The molecule has 1 aliphatic heterocycles. The van der Waals surface area contributed by atoms with Crippen molar-refractivity contribution in [3.05, 3.63) is 158 Å². The van der Waals surface area contributed by atoms with Gasteiger partial charge in [0.1, 0.15) is 0 Å². The summed E-state index contributed by atoms with van der Waals surface area (Å²) < 4.78 is 11.1. The fourth-order valence-electron chi connectivity index (χ4n) is 7.43. The summed E-state index contributed by atoms with van der Waals surface area (Å²) in [6.45, 7) is 0. The van der Waals surface area contributed by atoms with Crippen LogP contribution in [0.3, 0.4) is 0 Å². The van der Waals surface area contributed by atoms with E-state index in [2.05, 4.69) is 89.5 Å². The van der Waals surface area contributed by atoms with E-state index in [0.29, 0.717) is 17.5 Å². The first-order valence-electron chi connectivity index (χ1n) is 16.9. The van der Waals surface area contributed by atoms with Crippen molar-refractivity contribution in [2.45, 2.75) is 0 Å². The highest BCUT2D eigenvalue weighted by atomic mass is 32.1. The second kappa shape index (κ2) is 10.9. The van der Waals surface area contributed by atoms with Crippen LogP contribution in [-0.2, 0) is 0 Å². The number of aromatic nitrogens is 4. The Kier molecular flexibility index (Phi) is 6.05. The largest absolute Gasteiger partial charge is 0.453 e. The van der Waals surface area contributed by atoms with Crippen LogP contribution in [0.2, 0.25) is 0 Å². The second-order valence-electron chi connectivity index (χ2n) is 12.9. The summed E-state index contributed by atoms with van der Waals surface area (Å²) in [5, 5.41) is 4.88. The van der Waals surface area contributed by atoms with Crippen LogP contribution in [0.1, 0.15) is 0 Å². The third-order valence-corrected chi connectivity index (χ3v) is 11.0. The minimum absolute atomic E-state index is 0.662. The molecular formula is C45H26N4OS. The predicted octanol–water partition coefficient (Wildman–Crippen LogP) is 12.1. The summed E-state index contributed by atoms with van der Waals surface area (Å²) in [4.78, 5) is 14.8. The lowest BCUT2D eigenvalue weighted by Crippen LogP contribution is -2.03. The molecule has 5 nitrogen and oxygen atoms in total. The van der Waals surface area contributed by atoms with Gasteiger partial charge in [-0.3, -0.25) is 0 Å². The fourth-order valence-corrected chi connectivity index (χ4v) is 8.56. The van der Waals surface area contributed by atoms with Gasteiger partial charge in [-0.2, -0.15) is 0 Å². The van der Waals surface area contributed by atoms with Crippen LogP contribution in [0.25, 0.3) is 93.0 Å². The first kappa shape index (κ1) is 28.2. The number of rotatable bonds is 4. The zero-order valence-corrected chi connectivity index (χ0v) is 27.9. The first-order chi connectivity index (χ1) is 25.2. The molecule has 11 rings (SSSR count). The maximum Gasteiger partial charge on any atom is 0.164 e. The molecule has 51 heavy (non-hydrogen) atoms. The second-order valence-corrected chi connectivity index (χ2v) is 13.9. The molecule has 0 unspecified atom stereocenters. The van der Waals surface area contributed by atoms with Gasteiger partial charge in [0, 0.05) is 47.6 Å². The van der Waals surface area contributed by atoms with Crippen LogP contribution in [-0.4, -0.2) is 19.5 Å². The van der Waals surface area contributed by atoms with Gasteiger partial charge in [0.25, 0.3) is 0 Å². The Hall–Kier alpha value is -6.63. The van der Waals surface area contributed by atoms with Crippen LogP contribution in [0.5, 0.6) is 11.5 Å². The van der Waals surface area contributed by atoms with Gasteiger partial charge < -0.3 is 9.30 Å². The van der Waals surface area contributed by atoms with Gasteiger partial charge in [0.05, 0.1) is 16.7 Å². The minimum atomic E-state index is 0.662. The van der Waals surface area contributed by atoms with Gasteiger partial charge in [-0.15, -0.1) is 11.3 Å². The Bertz CT molecular complexity index is 2940. The molecule has 0 spiro atoms. The Morgan fingerprint density at radius 1 is 0.412 bits per heavy atom. The number of benzene rings is 7. The molecule has 3 aromatic heterocycles. The summed E-state index contributed by atoms with van der Waals surface area (Å²) in [5.41, 5.74) is 8.62. The number of hydrogen-bond acceptors (Lipinski definition) is 5. The molecule has 1 aliphatic rings. The Morgan fingerprint density at radius 3 is 1.80 bits per heavy atom. The average molecular weight is 671 g/mol. The van der Waals surface area contributed by atoms with Gasteiger partial charge in [-0.05, 0) is 59.7 Å². The Labute approximate surface area is 296 Å². The molecule has 0 radical (unpaired) electrons. The third-order valence-electron chi connectivity index (χ3n) is 9.84. The molecule has 0 aliphatic carbocycles. The smallest absolute Gasteiger partial charge is 0.164 e. The van der Waals surface area contributed by atoms with E-state index < -0.39 is 0 Å². The number of hydrogen-bond donors (Lipinski definition) is 0. The number of fused-ring (bicyclic) bond motifs is 8. The Morgan fingerprint density at radius 2 is 1.04 bits per heavy atom. The van der Waals surface area contributed by atoms with E-state index in [1.807, 2.05) is 72.8 Å². The summed E-state index contributed by atoms with van der Waals surface area (Å²) in [6.07, 6.45) is 0. The molecule has 0 atom stereocenters. The van der Waals surface area contributed by atoms with Crippen molar-refractivity contribution in [2.75, 3.05) is 0 Å². The number of ether oxygens (including phenoxy) is 1. The molecule has 4 heterocycles. The molecule has 0 N–H and O–H groups in total. The summed E-state index contributed by atoms with van der Waals surface area (Å²) in [5.74, 6) is 3.75. The van der Waals surface area contributed by atoms with Crippen LogP contribution in [0.15, 0.2) is 158 Å². The highest BCUT2D eigenvalue weighted by molar-refractivity contribution is 7.25. The van der Waals surface area contributed by atoms with Gasteiger partial charge in [0.15, 0.2) is 29.0 Å². The van der Waals surface area contributed by atoms with E-state index in [1.165, 1.54) is 47.6 Å². The Balaban J connectivity index is 1.02. The van der Waals surface area contributed by atoms with Crippen LogP contribution < -0.4 is 4.74 Å². The average Bonchev–Trinajstić information content (AvgIpc) is 3.74. The molecule has 0 saturated heterocycles. The molecule has 0 saturated carbocycles. The van der Waals surface area contributed by atoms with Gasteiger partial charge in [-0.1, -0.05) is 109 Å². The topological polar surface area (TPSA) is 52.8 Å². The maximum atomic E-state index is 6.33. The number of para-hydroxylation sites is 3. The van der Waals surface area contributed by atoms with E-state index >= 15 is 0 Å². The van der Waals surface area contributed by atoms with E-state index in [4.69, 9.17) is 19.7 Å². The lowest BCUT2D eigenvalue weighted by Gasteiger charge is -2.20. The van der Waals surface area contributed by atoms with Crippen LogP contribution in [0.4, 0.5) is 0 Å². The number of thiophene rings is 1. The predicted molar refractivity (Wildman–Crippen MR) is 209 cm³/mol. The third kappa shape index (κ3) is 4.43. The molecule has 0 amide bonds. The maximum absolute atomic E-state index is 6.33. The monoisotopic (exact) mass is 670 g/mol. The van der Waals surface area contributed by atoms with E-state index in [1.54, 1.807) is 11.3 Å². The van der Waals surface area contributed by atoms with Crippen molar-refractivity contribution in [3.8, 4) is 62.5 Å². The van der Waals surface area contributed by atoms with Crippen LogP contribution >= 0.6 is 11.3 Å². The molecule has 0 fully saturated rings. The summed E-state index contributed by atoms with van der Waals surface area (Å²) in [7, 11) is 0. The standard InChI is InChI=1S/C45H26N4OS/c1-3-10-27(11-4-1)43-46-44(28-12-5-2-6-13-28)48-45(47-43)31-18-21-32-35-25-30(20-23-40(35)51-41(32)26-31)29-19-22-36-34(24-29)33-14-9-17-39-42(33)49(36)37-15-7-8-16-38(37)50-39/h1-26H. The van der Waals surface area contributed by atoms with Crippen molar-refractivity contribution in [1.82, 2.24) is 19.5 Å². The van der Waals surface area contributed by atoms with E-state index in [-0.39, 0.29) is 0 Å². The molecule has 6 heteroatoms. The molecule has 7 aromatic carbocycles.